The summed E-state index contributed by atoms with van der Waals surface area (Å²) in [6.45, 7) is -0.994. The largest absolute Gasteiger partial charge is 0.508 e. The van der Waals surface area contributed by atoms with Crippen LogP contribution in [0.4, 0.5) is 0 Å². The maximum Gasteiger partial charge on any atom is 0.304 e. The van der Waals surface area contributed by atoms with Crippen molar-refractivity contribution in [1.82, 2.24) is 0 Å². The number of ketones is 2. The normalized spacial score (nSPS) is 29.6. The number of rotatable bonds is 8. The van der Waals surface area contributed by atoms with Crippen molar-refractivity contribution in [2.75, 3.05) is 6.61 Å². The first-order valence-electron chi connectivity index (χ1n) is 13.2. The van der Waals surface area contributed by atoms with Crippen LogP contribution in [0.1, 0.15) is 23.5 Å². The van der Waals surface area contributed by atoms with Crippen LogP contribution in [-0.2, 0) is 19.1 Å². The number of phenols is 2. The maximum absolute atomic E-state index is 14.1. The summed E-state index contributed by atoms with van der Waals surface area (Å²) in [5.41, 5.74) is -5.11. The molecule has 4 rings (SSSR count). The Morgan fingerprint density at radius 2 is 1.43 bits per heavy atom. The lowest BCUT2D eigenvalue weighted by Crippen LogP contribution is -2.71. The third-order valence-corrected chi connectivity index (χ3v) is 7.57. The van der Waals surface area contributed by atoms with Crippen molar-refractivity contribution in [3.8, 4) is 11.5 Å². The molecule has 0 aromatic heterocycles. The average Bonchev–Trinajstić information content (AvgIpc) is 2.98. The SMILES string of the molecule is O=C(O)C[C@@H](C1=C(O)C(=C(O)C=Cc2ccc(O)cc2)C(=O)[C@@](O)([C@@H]2O[C@H](CO)[C@@H](O)[C@H](O)[C@H]2O)C1=O)c1ccc(O)cc1. The molecule has 1 aliphatic carbocycles. The van der Waals surface area contributed by atoms with Crippen molar-refractivity contribution in [2.45, 2.75) is 48.5 Å². The summed E-state index contributed by atoms with van der Waals surface area (Å²) in [6.07, 6.45) is -9.28. The van der Waals surface area contributed by atoms with E-state index in [9.17, 15) is 65.4 Å². The number of Topliss-reactive ketones (excluding diaryl/α,β-unsaturated/α-hetero) is 2. The van der Waals surface area contributed by atoms with Gasteiger partial charge >= 0.3 is 5.97 Å². The van der Waals surface area contributed by atoms with Crippen molar-refractivity contribution in [2.24, 2.45) is 0 Å². The zero-order chi connectivity index (χ0) is 32.5. The molecule has 2 aliphatic rings. The molecule has 14 nitrogen and oxygen atoms in total. The number of carboxylic acids is 1. The molecule has 1 saturated heterocycles. The first-order valence-corrected chi connectivity index (χ1v) is 13.2. The van der Waals surface area contributed by atoms with Gasteiger partial charge in [0.25, 0.3) is 0 Å². The monoisotopic (exact) mass is 614 g/mol. The number of phenolic OH excluding ortho intramolecular Hbond substituents is 2. The van der Waals surface area contributed by atoms with Crippen molar-refractivity contribution < 1.29 is 70.2 Å². The second-order valence-corrected chi connectivity index (χ2v) is 10.4. The van der Waals surface area contributed by atoms with Gasteiger partial charge < -0.3 is 55.8 Å². The van der Waals surface area contributed by atoms with Crippen LogP contribution in [0.15, 0.2) is 77.3 Å². The topological polar surface area (TPSA) is 263 Å². The summed E-state index contributed by atoms with van der Waals surface area (Å²) in [7, 11) is 0. The second-order valence-electron chi connectivity index (χ2n) is 10.4. The van der Waals surface area contributed by atoms with Gasteiger partial charge in [0.1, 0.15) is 59.1 Å². The Balaban J connectivity index is 1.98. The Labute approximate surface area is 249 Å². The maximum atomic E-state index is 14.1. The molecule has 2 aromatic rings. The molecule has 2 aromatic carbocycles. The molecule has 7 atom stereocenters. The number of aliphatic carboxylic acids is 1. The van der Waals surface area contributed by atoms with Crippen molar-refractivity contribution in [3.63, 3.8) is 0 Å². The number of hydrogen-bond acceptors (Lipinski definition) is 13. The number of carboxylic acid groups (broad SMARTS) is 1. The Hall–Kier alpha value is -4.57. The van der Waals surface area contributed by atoms with Gasteiger partial charge in [-0.25, -0.2) is 0 Å². The molecular weight excluding hydrogens is 584 g/mol. The van der Waals surface area contributed by atoms with Crippen molar-refractivity contribution in [3.05, 3.63) is 88.4 Å². The van der Waals surface area contributed by atoms with E-state index in [2.05, 4.69) is 0 Å². The highest BCUT2D eigenvalue weighted by Gasteiger charge is 2.64. The smallest absolute Gasteiger partial charge is 0.304 e. The minimum Gasteiger partial charge on any atom is -0.508 e. The third-order valence-electron chi connectivity index (χ3n) is 7.57. The van der Waals surface area contributed by atoms with Crippen LogP contribution in [0.25, 0.3) is 6.08 Å². The minimum absolute atomic E-state index is 0.0177. The van der Waals surface area contributed by atoms with Gasteiger partial charge in [-0.1, -0.05) is 30.3 Å². The number of hydrogen-bond donors (Lipinski definition) is 10. The standard InChI is InChI=1S/C30H30O14/c31-12-19-23(37)25(39)26(40)29(44-19)30(43)27(41)21(17(11-20(35)36)14-4-8-16(33)9-5-14)24(38)22(28(30)42)18(34)10-3-13-1-6-15(32)7-2-13/h1-10,17,19,23,25-26,29,31-34,37-40,43H,11-12H2,(H,35,36)/t17-,19-,23-,25+,26-,29-,30-/m1/s1. The lowest BCUT2D eigenvalue weighted by Gasteiger charge is -2.47. The molecule has 0 amide bonds. The van der Waals surface area contributed by atoms with Gasteiger partial charge in [-0.3, -0.25) is 14.4 Å². The highest BCUT2D eigenvalue weighted by molar-refractivity contribution is 6.28. The van der Waals surface area contributed by atoms with Crippen LogP contribution in [0.3, 0.4) is 0 Å². The van der Waals surface area contributed by atoms with E-state index < -0.39 is 95.3 Å². The Kier molecular flexibility index (Phi) is 9.25. The minimum atomic E-state index is -3.54. The van der Waals surface area contributed by atoms with Gasteiger partial charge in [-0.05, 0) is 41.5 Å². The fraction of sp³-hybridized carbons (Fsp3) is 0.300. The number of carbonyl (C=O) groups is 3. The fourth-order valence-electron chi connectivity index (χ4n) is 5.23. The molecule has 10 N–H and O–H groups in total. The highest BCUT2D eigenvalue weighted by Crippen LogP contribution is 2.44. The predicted octanol–water partition coefficient (Wildman–Crippen LogP) is -0.281. The van der Waals surface area contributed by atoms with Crippen LogP contribution >= 0.6 is 0 Å². The molecule has 0 saturated carbocycles. The van der Waals surface area contributed by atoms with Gasteiger partial charge in [-0.15, -0.1) is 0 Å². The molecule has 44 heavy (non-hydrogen) atoms. The third kappa shape index (κ3) is 5.81. The van der Waals surface area contributed by atoms with E-state index in [0.29, 0.717) is 5.56 Å². The van der Waals surface area contributed by atoms with E-state index >= 15 is 0 Å². The number of aliphatic hydroxyl groups is 7. The Morgan fingerprint density at radius 1 is 0.864 bits per heavy atom. The molecule has 14 heteroatoms. The van der Waals surface area contributed by atoms with Crippen LogP contribution in [0, 0.1) is 0 Å². The highest BCUT2D eigenvalue weighted by atomic mass is 16.6. The first-order chi connectivity index (χ1) is 20.7. The van der Waals surface area contributed by atoms with Gasteiger partial charge in [-0.2, -0.15) is 0 Å². The fourth-order valence-corrected chi connectivity index (χ4v) is 5.23. The second kappa shape index (κ2) is 12.6. The number of aromatic hydroxyl groups is 2. The zero-order valence-electron chi connectivity index (χ0n) is 22.8. The molecule has 234 valence electrons. The summed E-state index contributed by atoms with van der Waals surface area (Å²) < 4.78 is 5.35. The molecule has 0 bridgehead atoms. The van der Waals surface area contributed by atoms with E-state index in [1.54, 1.807) is 0 Å². The number of carbonyl (C=O) groups excluding carboxylic acids is 2. The predicted molar refractivity (Wildman–Crippen MR) is 148 cm³/mol. The molecule has 0 radical (unpaired) electrons. The molecular formula is C30H30O14. The average molecular weight is 615 g/mol. The van der Waals surface area contributed by atoms with E-state index in [4.69, 9.17) is 4.74 Å². The number of ether oxygens (including phenoxy) is 1. The summed E-state index contributed by atoms with van der Waals surface area (Å²) in [6, 6.07) is 10.2. The van der Waals surface area contributed by atoms with Gasteiger partial charge in [0.15, 0.2) is 0 Å². The quantitative estimate of drug-likeness (QED) is 0.104. The summed E-state index contributed by atoms with van der Waals surface area (Å²) in [4.78, 5) is 39.8. The summed E-state index contributed by atoms with van der Waals surface area (Å²) in [5.74, 6) is -9.00. The molecule has 0 spiro atoms. The number of aliphatic hydroxyl groups excluding tert-OH is 6. The van der Waals surface area contributed by atoms with Crippen LogP contribution in [-0.4, -0.2) is 111 Å². The number of benzene rings is 2. The van der Waals surface area contributed by atoms with Gasteiger partial charge in [0.05, 0.1) is 13.0 Å². The summed E-state index contributed by atoms with van der Waals surface area (Å²) >= 11 is 0. The molecule has 1 fully saturated rings. The molecule has 0 unspecified atom stereocenters. The van der Waals surface area contributed by atoms with E-state index in [1.165, 1.54) is 42.5 Å². The first kappa shape index (κ1) is 32.3. The van der Waals surface area contributed by atoms with Crippen LogP contribution in [0.5, 0.6) is 11.5 Å². The lowest BCUT2D eigenvalue weighted by atomic mass is 9.67. The van der Waals surface area contributed by atoms with E-state index in [0.717, 1.165) is 18.2 Å². The Morgan fingerprint density at radius 3 is 1.98 bits per heavy atom. The van der Waals surface area contributed by atoms with E-state index in [-0.39, 0.29) is 17.1 Å². The Bertz CT molecular complexity index is 1520. The van der Waals surface area contributed by atoms with Crippen LogP contribution < -0.4 is 0 Å². The van der Waals surface area contributed by atoms with Crippen LogP contribution in [0.2, 0.25) is 0 Å². The number of allylic oxidation sites excluding steroid dienone is 2. The zero-order valence-corrected chi connectivity index (χ0v) is 22.8. The summed E-state index contributed by atoms with van der Waals surface area (Å²) in [5, 5.41) is 104. The van der Waals surface area contributed by atoms with E-state index in [1.807, 2.05) is 0 Å². The van der Waals surface area contributed by atoms with Gasteiger partial charge in [0, 0.05) is 11.5 Å². The molecule has 1 aliphatic heterocycles. The van der Waals surface area contributed by atoms with Crippen molar-refractivity contribution >= 4 is 23.6 Å². The van der Waals surface area contributed by atoms with Gasteiger partial charge in [0.2, 0.25) is 17.2 Å². The van der Waals surface area contributed by atoms with Crippen molar-refractivity contribution in [1.29, 1.82) is 0 Å². The molecule has 1 heterocycles. The lowest BCUT2D eigenvalue weighted by molar-refractivity contribution is -0.260.